The van der Waals surface area contributed by atoms with Crippen LogP contribution < -0.4 is 4.74 Å². The molecule has 154 valence electrons. The van der Waals surface area contributed by atoms with Crippen LogP contribution in [0, 0.1) is 0 Å². The van der Waals surface area contributed by atoms with Crippen LogP contribution >= 0.6 is 23.2 Å². The van der Waals surface area contributed by atoms with E-state index in [1.165, 1.54) is 28.6 Å². The molecule has 0 saturated carbocycles. The smallest absolute Gasteiger partial charge is 0.246 e. The summed E-state index contributed by atoms with van der Waals surface area (Å²) < 4.78 is 32.2. The van der Waals surface area contributed by atoms with Gasteiger partial charge in [-0.05, 0) is 42.0 Å². The van der Waals surface area contributed by atoms with Crippen molar-refractivity contribution in [3.63, 3.8) is 0 Å². The molecule has 0 aromatic heterocycles. The minimum absolute atomic E-state index is 0.0237. The van der Waals surface area contributed by atoms with Crippen LogP contribution in [-0.2, 0) is 14.8 Å². The van der Waals surface area contributed by atoms with Gasteiger partial charge in [-0.25, -0.2) is 8.42 Å². The van der Waals surface area contributed by atoms with Gasteiger partial charge in [-0.15, -0.1) is 0 Å². The van der Waals surface area contributed by atoms with Crippen LogP contribution in [0.1, 0.15) is 5.56 Å². The Morgan fingerprint density at radius 1 is 1.07 bits per heavy atom. The Kier molecular flexibility index (Phi) is 6.85. The summed E-state index contributed by atoms with van der Waals surface area (Å²) in [7, 11) is -2.20. The highest BCUT2D eigenvalue weighted by molar-refractivity contribution is 7.89. The fourth-order valence-electron chi connectivity index (χ4n) is 2.98. The van der Waals surface area contributed by atoms with E-state index in [4.69, 9.17) is 27.9 Å². The second-order valence-electron chi connectivity index (χ2n) is 6.41. The van der Waals surface area contributed by atoms with Crippen LogP contribution in [-0.4, -0.2) is 56.8 Å². The summed E-state index contributed by atoms with van der Waals surface area (Å²) >= 11 is 12.0. The molecule has 1 fully saturated rings. The molecule has 2 aromatic rings. The van der Waals surface area contributed by atoms with Gasteiger partial charge < -0.3 is 9.64 Å². The molecule has 1 aliphatic rings. The van der Waals surface area contributed by atoms with E-state index in [0.717, 1.165) is 5.56 Å². The fraction of sp³-hybridized carbons (Fsp3) is 0.250. The quantitative estimate of drug-likeness (QED) is 0.647. The lowest BCUT2D eigenvalue weighted by atomic mass is 10.2. The average Bonchev–Trinajstić information content (AvgIpc) is 2.74. The number of hydrogen-bond acceptors (Lipinski definition) is 4. The Morgan fingerprint density at radius 3 is 2.48 bits per heavy atom. The van der Waals surface area contributed by atoms with Crippen LogP contribution in [0.4, 0.5) is 0 Å². The average molecular weight is 455 g/mol. The number of halogens is 2. The van der Waals surface area contributed by atoms with Crippen molar-refractivity contribution in [2.75, 3.05) is 33.3 Å². The number of hydrogen-bond donors (Lipinski definition) is 0. The molecule has 0 atom stereocenters. The highest BCUT2D eigenvalue weighted by atomic mass is 35.5. The molecule has 2 aromatic carbocycles. The number of rotatable bonds is 5. The summed E-state index contributed by atoms with van der Waals surface area (Å²) in [4.78, 5) is 14.0. The molecule has 9 heteroatoms. The number of benzene rings is 2. The lowest BCUT2D eigenvalue weighted by Gasteiger charge is -2.33. The van der Waals surface area contributed by atoms with E-state index in [-0.39, 0.29) is 28.9 Å². The first-order valence-electron chi connectivity index (χ1n) is 8.87. The Morgan fingerprint density at radius 2 is 1.79 bits per heavy atom. The zero-order valence-electron chi connectivity index (χ0n) is 15.7. The van der Waals surface area contributed by atoms with E-state index < -0.39 is 10.0 Å². The van der Waals surface area contributed by atoms with Gasteiger partial charge in [-0.2, -0.15) is 4.31 Å². The van der Waals surface area contributed by atoms with Gasteiger partial charge in [-0.1, -0.05) is 35.3 Å². The standard InChI is InChI=1S/C20H20Cl2N2O4S/c1-28-17-4-2-3-15(13-17)5-8-20(25)23-9-11-24(12-10-23)29(26,27)19-14-16(21)6-7-18(19)22/h2-8,13-14H,9-12H2,1H3. The normalized spacial score (nSPS) is 15.6. The number of sulfonamides is 1. The Bertz CT molecular complexity index is 1030. The van der Waals surface area contributed by atoms with Crippen molar-refractivity contribution in [2.45, 2.75) is 4.90 Å². The first-order valence-corrected chi connectivity index (χ1v) is 11.1. The van der Waals surface area contributed by atoms with Crippen LogP contribution in [0.2, 0.25) is 10.0 Å². The van der Waals surface area contributed by atoms with Gasteiger partial charge in [0.25, 0.3) is 0 Å². The third kappa shape index (κ3) is 5.11. The minimum atomic E-state index is -3.78. The molecular formula is C20H20Cl2N2O4S. The van der Waals surface area contributed by atoms with Crippen molar-refractivity contribution in [1.29, 1.82) is 0 Å². The van der Waals surface area contributed by atoms with Gasteiger partial charge >= 0.3 is 0 Å². The Balaban J connectivity index is 1.64. The molecule has 1 amide bonds. The van der Waals surface area contributed by atoms with E-state index in [9.17, 15) is 13.2 Å². The Hall–Kier alpha value is -2.06. The predicted molar refractivity (Wildman–Crippen MR) is 114 cm³/mol. The summed E-state index contributed by atoms with van der Waals surface area (Å²) in [6, 6.07) is 11.7. The molecule has 1 saturated heterocycles. The highest BCUT2D eigenvalue weighted by Gasteiger charge is 2.31. The van der Waals surface area contributed by atoms with Crippen LogP contribution in [0.3, 0.4) is 0 Å². The number of carbonyl (C=O) groups excluding carboxylic acids is 1. The maximum absolute atomic E-state index is 12.9. The summed E-state index contributed by atoms with van der Waals surface area (Å²) in [5.41, 5.74) is 0.842. The number of ether oxygens (including phenoxy) is 1. The van der Waals surface area contributed by atoms with Crippen LogP contribution in [0.15, 0.2) is 53.4 Å². The van der Waals surface area contributed by atoms with Crippen molar-refractivity contribution >= 4 is 45.2 Å². The number of amides is 1. The summed E-state index contributed by atoms with van der Waals surface area (Å²) in [6.45, 7) is 0.950. The van der Waals surface area contributed by atoms with Crippen molar-refractivity contribution in [3.05, 3.63) is 64.1 Å². The highest BCUT2D eigenvalue weighted by Crippen LogP contribution is 2.28. The monoisotopic (exact) mass is 454 g/mol. The number of nitrogens with zero attached hydrogens (tertiary/aromatic N) is 2. The van der Waals surface area contributed by atoms with Gasteiger partial charge in [-0.3, -0.25) is 4.79 Å². The maximum Gasteiger partial charge on any atom is 0.246 e. The molecule has 0 spiro atoms. The molecule has 0 aliphatic carbocycles. The van der Waals surface area contributed by atoms with Gasteiger partial charge in [0.1, 0.15) is 10.6 Å². The topological polar surface area (TPSA) is 66.9 Å². The third-order valence-corrected chi connectivity index (χ3v) is 7.19. The van der Waals surface area contributed by atoms with Crippen molar-refractivity contribution in [3.8, 4) is 5.75 Å². The molecule has 0 unspecified atom stereocenters. The SMILES string of the molecule is COc1cccc(C=CC(=O)N2CCN(S(=O)(=O)c3cc(Cl)ccc3Cl)CC2)c1. The van der Waals surface area contributed by atoms with Crippen LogP contribution in [0.25, 0.3) is 6.08 Å². The lowest BCUT2D eigenvalue weighted by molar-refractivity contribution is -0.127. The van der Waals surface area contributed by atoms with Gasteiger partial charge in [0.2, 0.25) is 15.9 Å². The minimum Gasteiger partial charge on any atom is -0.497 e. The zero-order valence-corrected chi connectivity index (χ0v) is 18.0. The maximum atomic E-state index is 12.9. The molecule has 29 heavy (non-hydrogen) atoms. The van der Waals surface area contributed by atoms with Gasteiger partial charge in [0.15, 0.2) is 0 Å². The molecule has 0 radical (unpaired) electrons. The Labute approximate surface area is 180 Å². The number of carbonyl (C=O) groups is 1. The fourth-order valence-corrected chi connectivity index (χ4v) is 5.14. The number of methoxy groups -OCH3 is 1. The second-order valence-corrected chi connectivity index (χ2v) is 9.16. The van der Waals surface area contributed by atoms with Crippen LogP contribution in [0.5, 0.6) is 5.75 Å². The molecule has 6 nitrogen and oxygen atoms in total. The van der Waals surface area contributed by atoms with Crippen molar-refractivity contribution < 1.29 is 17.9 Å². The molecular weight excluding hydrogens is 435 g/mol. The summed E-state index contributed by atoms with van der Waals surface area (Å²) in [5, 5.41) is 0.415. The predicted octanol–water partition coefficient (Wildman–Crippen LogP) is 3.55. The largest absolute Gasteiger partial charge is 0.497 e. The molecule has 0 N–H and O–H groups in total. The van der Waals surface area contributed by atoms with E-state index in [1.54, 1.807) is 18.1 Å². The summed E-state index contributed by atoms with van der Waals surface area (Å²) in [5.74, 6) is 0.531. The zero-order chi connectivity index (χ0) is 21.0. The first-order chi connectivity index (χ1) is 13.8. The van der Waals surface area contributed by atoms with E-state index in [2.05, 4.69) is 0 Å². The van der Waals surface area contributed by atoms with E-state index in [1.807, 2.05) is 24.3 Å². The molecule has 3 rings (SSSR count). The molecule has 1 aliphatic heterocycles. The molecule has 1 heterocycles. The second kappa shape index (κ2) is 9.17. The van der Waals surface area contributed by atoms with E-state index >= 15 is 0 Å². The number of piperazine rings is 1. The lowest BCUT2D eigenvalue weighted by Crippen LogP contribution is -2.50. The van der Waals surface area contributed by atoms with E-state index in [0.29, 0.717) is 23.9 Å². The third-order valence-electron chi connectivity index (χ3n) is 4.57. The molecule has 0 bridgehead atoms. The van der Waals surface area contributed by atoms with Crippen molar-refractivity contribution in [2.24, 2.45) is 0 Å². The first kappa shape index (κ1) is 21.6. The van der Waals surface area contributed by atoms with Crippen molar-refractivity contribution in [1.82, 2.24) is 9.21 Å². The van der Waals surface area contributed by atoms with Gasteiger partial charge in [0, 0.05) is 37.3 Å². The van der Waals surface area contributed by atoms with Gasteiger partial charge in [0.05, 0.1) is 12.1 Å². The summed E-state index contributed by atoms with van der Waals surface area (Å²) in [6.07, 6.45) is 3.19.